The van der Waals surface area contributed by atoms with Crippen LogP contribution in [0.5, 0.6) is 0 Å². The molecule has 0 radical (unpaired) electrons. The molecule has 0 amide bonds. The summed E-state index contributed by atoms with van der Waals surface area (Å²) in [5.74, 6) is -0.462. The van der Waals surface area contributed by atoms with Gasteiger partial charge >= 0.3 is 0 Å². The lowest BCUT2D eigenvalue weighted by Crippen LogP contribution is -2.24. The molecule has 1 aliphatic rings. The Morgan fingerprint density at radius 3 is 2.69 bits per heavy atom. The van der Waals surface area contributed by atoms with Crippen molar-refractivity contribution in [3.8, 4) is 0 Å². The predicted octanol–water partition coefficient (Wildman–Crippen LogP) is 1.69. The number of hydrogen-bond acceptors (Lipinski definition) is 3. The first kappa shape index (κ1) is 11.0. The van der Waals surface area contributed by atoms with Gasteiger partial charge in [-0.05, 0) is 20.3 Å². The van der Waals surface area contributed by atoms with Crippen LogP contribution in [0.1, 0.15) is 40.0 Å². The Hall–Kier alpha value is -0.120. The molecule has 0 unspecified atom stereocenters. The average molecular weight is 188 g/mol. The molecule has 1 aliphatic heterocycles. The summed E-state index contributed by atoms with van der Waals surface area (Å²) in [5, 5.41) is 9.54. The molecule has 78 valence electrons. The van der Waals surface area contributed by atoms with E-state index in [2.05, 4.69) is 6.92 Å². The third-order valence-corrected chi connectivity index (χ3v) is 2.22. The molecule has 0 aromatic carbocycles. The second-order valence-corrected chi connectivity index (χ2v) is 4.13. The van der Waals surface area contributed by atoms with Crippen LogP contribution in [0.4, 0.5) is 0 Å². The summed E-state index contributed by atoms with van der Waals surface area (Å²) < 4.78 is 11.0. The van der Waals surface area contributed by atoms with Crippen molar-refractivity contribution in [2.45, 2.75) is 58.0 Å². The summed E-state index contributed by atoms with van der Waals surface area (Å²) in [6.07, 6.45) is 2.37. The van der Waals surface area contributed by atoms with E-state index in [0.717, 1.165) is 12.8 Å². The molecule has 0 saturated carbocycles. The molecule has 2 atom stereocenters. The smallest absolute Gasteiger partial charge is 0.163 e. The van der Waals surface area contributed by atoms with Gasteiger partial charge in [0.25, 0.3) is 0 Å². The summed E-state index contributed by atoms with van der Waals surface area (Å²) in [4.78, 5) is 0. The van der Waals surface area contributed by atoms with Gasteiger partial charge < -0.3 is 14.6 Å². The molecule has 3 heteroatoms. The van der Waals surface area contributed by atoms with Crippen LogP contribution in [0.25, 0.3) is 0 Å². The highest BCUT2D eigenvalue weighted by Gasteiger charge is 2.33. The van der Waals surface area contributed by atoms with Crippen molar-refractivity contribution >= 4 is 0 Å². The molecule has 1 saturated heterocycles. The standard InChI is InChI=1S/C10H20O3/c1-4-5-8(11)6-9-7-12-10(2,3)13-9/h8-9,11H,4-7H2,1-3H3/t8-,9-/m0/s1. The van der Waals surface area contributed by atoms with Crippen LogP contribution in [0.15, 0.2) is 0 Å². The Bertz CT molecular complexity index is 156. The zero-order valence-electron chi connectivity index (χ0n) is 8.75. The van der Waals surface area contributed by atoms with E-state index < -0.39 is 5.79 Å². The Morgan fingerprint density at radius 2 is 2.23 bits per heavy atom. The SMILES string of the molecule is CCC[C@H](O)C[C@H]1COC(C)(C)O1. The molecule has 0 spiro atoms. The number of hydrogen-bond donors (Lipinski definition) is 1. The zero-order chi connectivity index (χ0) is 9.90. The van der Waals surface area contributed by atoms with Crippen LogP contribution in [0.3, 0.4) is 0 Å². The van der Waals surface area contributed by atoms with E-state index in [4.69, 9.17) is 9.47 Å². The normalized spacial score (nSPS) is 29.1. The highest BCUT2D eigenvalue weighted by atomic mass is 16.7. The summed E-state index contributed by atoms with van der Waals surface area (Å²) in [6, 6.07) is 0. The first-order chi connectivity index (χ1) is 6.03. The predicted molar refractivity (Wildman–Crippen MR) is 50.4 cm³/mol. The quantitative estimate of drug-likeness (QED) is 0.729. The van der Waals surface area contributed by atoms with E-state index in [9.17, 15) is 5.11 Å². The number of rotatable bonds is 4. The van der Waals surface area contributed by atoms with Crippen LogP contribution in [0.2, 0.25) is 0 Å². The minimum atomic E-state index is -0.462. The van der Waals surface area contributed by atoms with Crippen molar-refractivity contribution < 1.29 is 14.6 Å². The van der Waals surface area contributed by atoms with Crippen molar-refractivity contribution in [1.82, 2.24) is 0 Å². The molecule has 0 bridgehead atoms. The second kappa shape index (κ2) is 4.40. The van der Waals surface area contributed by atoms with E-state index in [0.29, 0.717) is 13.0 Å². The van der Waals surface area contributed by atoms with Crippen LogP contribution in [-0.4, -0.2) is 29.7 Å². The lowest BCUT2D eigenvalue weighted by atomic mass is 10.1. The fraction of sp³-hybridized carbons (Fsp3) is 1.00. The maximum absolute atomic E-state index is 9.54. The van der Waals surface area contributed by atoms with Crippen molar-refractivity contribution in [3.63, 3.8) is 0 Å². The molecule has 13 heavy (non-hydrogen) atoms. The third-order valence-electron chi connectivity index (χ3n) is 2.22. The van der Waals surface area contributed by atoms with Gasteiger partial charge in [0, 0.05) is 6.42 Å². The first-order valence-corrected chi connectivity index (χ1v) is 5.03. The van der Waals surface area contributed by atoms with Crippen LogP contribution in [-0.2, 0) is 9.47 Å². The second-order valence-electron chi connectivity index (χ2n) is 4.13. The van der Waals surface area contributed by atoms with E-state index in [-0.39, 0.29) is 12.2 Å². The highest BCUT2D eigenvalue weighted by molar-refractivity contribution is 4.73. The maximum atomic E-state index is 9.54. The summed E-state index contributed by atoms with van der Waals surface area (Å²) in [6.45, 7) is 6.48. The first-order valence-electron chi connectivity index (χ1n) is 5.03. The topological polar surface area (TPSA) is 38.7 Å². The lowest BCUT2D eigenvalue weighted by molar-refractivity contribution is -0.141. The van der Waals surface area contributed by atoms with Crippen LogP contribution < -0.4 is 0 Å². The van der Waals surface area contributed by atoms with E-state index in [1.54, 1.807) is 0 Å². The van der Waals surface area contributed by atoms with Crippen LogP contribution in [0, 0.1) is 0 Å². The van der Waals surface area contributed by atoms with Gasteiger partial charge in [0.2, 0.25) is 0 Å². The van der Waals surface area contributed by atoms with Gasteiger partial charge in [-0.3, -0.25) is 0 Å². The monoisotopic (exact) mass is 188 g/mol. The van der Waals surface area contributed by atoms with E-state index in [1.807, 2.05) is 13.8 Å². The Labute approximate surface area is 80.0 Å². The zero-order valence-corrected chi connectivity index (χ0v) is 8.75. The molecule has 0 aromatic heterocycles. The fourth-order valence-electron chi connectivity index (χ4n) is 1.63. The number of aliphatic hydroxyl groups is 1. The number of ether oxygens (including phenoxy) is 2. The Kier molecular flexibility index (Phi) is 3.71. The molecule has 1 N–H and O–H groups in total. The van der Waals surface area contributed by atoms with Gasteiger partial charge in [-0.1, -0.05) is 13.3 Å². The minimum Gasteiger partial charge on any atom is -0.393 e. The minimum absolute atomic E-state index is 0.0662. The summed E-state index contributed by atoms with van der Waals surface area (Å²) in [5.41, 5.74) is 0. The molecular weight excluding hydrogens is 168 g/mol. The van der Waals surface area contributed by atoms with Crippen molar-refractivity contribution in [3.05, 3.63) is 0 Å². The maximum Gasteiger partial charge on any atom is 0.163 e. The van der Waals surface area contributed by atoms with Crippen molar-refractivity contribution in [2.75, 3.05) is 6.61 Å². The average Bonchev–Trinajstić information content (AvgIpc) is 2.30. The van der Waals surface area contributed by atoms with Gasteiger partial charge in [-0.25, -0.2) is 0 Å². The van der Waals surface area contributed by atoms with Crippen LogP contribution >= 0.6 is 0 Å². The Balaban J connectivity index is 2.24. The van der Waals surface area contributed by atoms with Crippen molar-refractivity contribution in [1.29, 1.82) is 0 Å². The molecular formula is C10H20O3. The van der Waals surface area contributed by atoms with Gasteiger partial charge in [-0.2, -0.15) is 0 Å². The van der Waals surface area contributed by atoms with Gasteiger partial charge in [0.15, 0.2) is 5.79 Å². The summed E-state index contributed by atoms with van der Waals surface area (Å²) in [7, 11) is 0. The molecule has 0 aliphatic carbocycles. The van der Waals surface area contributed by atoms with Gasteiger partial charge in [0.1, 0.15) is 0 Å². The number of aliphatic hydroxyl groups excluding tert-OH is 1. The molecule has 3 nitrogen and oxygen atoms in total. The molecule has 0 aromatic rings. The third kappa shape index (κ3) is 3.63. The van der Waals surface area contributed by atoms with Crippen molar-refractivity contribution in [2.24, 2.45) is 0 Å². The van der Waals surface area contributed by atoms with Gasteiger partial charge in [-0.15, -0.1) is 0 Å². The fourth-order valence-corrected chi connectivity index (χ4v) is 1.63. The molecule has 1 rings (SSSR count). The molecule has 1 fully saturated rings. The highest BCUT2D eigenvalue weighted by Crippen LogP contribution is 2.25. The lowest BCUT2D eigenvalue weighted by Gasteiger charge is -2.18. The summed E-state index contributed by atoms with van der Waals surface area (Å²) >= 11 is 0. The van der Waals surface area contributed by atoms with E-state index in [1.165, 1.54) is 0 Å². The largest absolute Gasteiger partial charge is 0.393 e. The molecule has 1 heterocycles. The Morgan fingerprint density at radius 1 is 1.54 bits per heavy atom. The van der Waals surface area contributed by atoms with Gasteiger partial charge in [0.05, 0.1) is 18.8 Å². The van der Waals surface area contributed by atoms with E-state index >= 15 is 0 Å².